The van der Waals surface area contributed by atoms with Gasteiger partial charge in [0.15, 0.2) is 0 Å². The number of hydrogen-bond acceptors (Lipinski definition) is 5. The summed E-state index contributed by atoms with van der Waals surface area (Å²) < 4.78 is 38.6. The number of anilines is 1. The quantitative estimate of drug-likeness (QED) is 0.847. The number of carbonyl (C=O) groups excluding carboxylic acids is 1. The number of nitrogens with one attached hydrogen (secondary N) is 1. The van der Waals surface area contributed by atoms with E-state index >= 15 is 0 Å². The number of nitrogens with zero attached hydrogens (tertiary/aromatic N) is 1. The van der Waals surface area contributed by atoms with E-state index in [1.54, 1.807) is 29.2 Å². The third-order valence-electron chi connectivity index (χ3n) is 4.58. The summed E-state index contributed by atoms with van der Waals surface area (Å²) in [7, 11) is -1.000. The molecule has 3 rings (SSSR count). The summed E-state index contributed by atoms with van der Waals surface area (Å²) in [6.45, 7) is 2.68. The van der Waals surface area contributed by atoms with Gasteiger partial charge in [0.25, 0.3) is 10.0 Å². The Labute approximate surface area is 158 Å². The second-order valence-electron chi connectivity index (χ2n) is 6.30. The van der Waals surface area contributed by atoms with Gasteiger partial charge in [0.1, 0.15) is 16.4 Å². The maximum atomic E-state index is 12.9. The molecule has 0 aromatic heterocycles. The maximum Gasteiger partial charge on any atom is 0.265 e. The Balaban J connectivity index is 1.91. The van der Waals surface area contributed by atoms with E-state index in [0.717, 1.165) is 17.5 Å². The average molecular weight is 390 g/mol. The smallest absolute Gasteiger partial charge is 0.265 e. The SMILES string of the molecule is COc1ccc(OC)c(S(=O)(=O)Nc2ccc3c(c2)CN(C(C)=O)CC3)c1. The van der Waals surface area contributed by atoms with Crippen LogP contribution in [0.2, 0.25) is 0 Å². The van der Waals surface area contributed by atoms with Crippen molar-refractivity contribution in [2.45, 2.75) is 24.8 Å². The molecule has 0 atom stereocenters. The fourth-order valence-corrected chi connectivity index (χ4v) is 4.33. The molecule has 1 amide bonds. The highest BCUT2D eigenvalue weighted by Crippen LogP contribution is 2.30. The lowest BCUT2D eigenvalue weighted by Crippen LogP contribution is -2.34. The molecule has 144 valence electrons. The number of ether oxygens (including phenoxy) is 2. The van der Waals surface area contributed by atoms with Crippen LogP contribution in [-0.2, 0) is 27.8 Å². The van der Waals surface area contributed by atoms with E-state index < -0.39 is 10.0 Å². The Morgan fingerprint density at radius 3 is 2.52 bits per heavy atom. The zero-order chi connectivity index (χ0) is 19.6. The van der Waals surface area contributed by atoms with Gasteiger partial charge in [-0.3, -0.25) is 9.52 Å². The van der Waals surface area contributed by atoms with E-state index in [1.807, 2.05) is 6.07 Å². The van der Waals surface area contributed by atoms with Gasteiger partial charge in [0, 0.05) is 31.8 Å². The number of carbonyl (C=O) groups is 1. The standard InChI is InChI=1S/C19H22N2O5S/c1-13(22)21-9-8-14-4-5-16(10-15(14)12-21)20-27(23,24)19-11-17(25-2)6-7-18(19)26-3/h4-7,10-11,20H,8-9,12H2,1-3H3. The zero-order valence-corrected chi connectivity index (χ0v) is 16.3. The number of amides is 1. The summed E-state index contributed by atoms with van der Waals surface area (Å²) in [6.07, 6.45) is 0.756. The summed E-state index contributed by atoms with van der Waals surface area (Å²) in [6, 6.07) is 9.99. The monoisotopic (exact) mass is 390 g/mol. The minimum absolute atomic E-state index is 0.00701. The summed E-state index contributed by atoms with van der Waals surface area (Å²) in [5, 5.41) is 0. The molecule has 1 heterocycles. The fourth-order valence-electron chi connectivity index (χ4n) is 3.09. The first-order chi connectivity index (χ1) is 12.8. The van der Waals surface area contributed by atoms with Gasteiger partial charge in [-0.1, -0.05) is 6.07 Å². The van der Waals surface area contributed by atoms with Crippen LogP contribution in [0.4, 0.5) is 5.69 Å². The second-order valence-corrected chi connectivity index (χ2v) is 7.95. The molecule has 7 nitrogen and oxygen atoms in total. The molecular formula is C19H22N2O5S. The Morgan fingerprint density at radius 1 is 1.07 bits per heavy atom. The normalized spacial score (nSPS) is 13.7. The molecule has 0 fully saturated rings. The van der Waals surface area contributed by atoms with E-state index in [4.69, 9.17) is 9.47 Å². The lowest BCUT2D eigenvalue weighted by Gasteiger charge is -2.28. The van der Waals surface area contributed by atoms with E-state index in [9.17, 15) is 13.2 Å². The molecule has 0 aliphatic carbocycles. The first-order valence-electron chi connectivity index (χ1n) is 8.46. The molecule has 1 N–H and O–H groups in total. The Hall–Kier alpha value is -2.74. The minimum Gasteiger partial charge on any atom is -0.497 e. The van der Waals surface area contributed by atoms with Gasteiger partial charge in [-0.25, -0.2) is 8.42 Å². The van der Waals surface area contributed by atoms with Crippen LogP contribution >= 0.6 is 0 Å². The van der Waals surface area contributed by atoms with Crippen molar-refractivity contribution in [2.75, 3.05) is 25.5 Å². The molecular weight excluding hydrogens is 368 g/mol. The van der Waals surface area contributed by atoms with Gasteiger partial charge in [-0.05, 0) is 41.8 Å². The second kappa shape index (κ2) is 7.48. The Kier molecular flexibility index (Phi) is 5.27. The van der Waals surface area contributed by atoms with Gasteiger partial charge < -0.3 is 14.4 Å². The van der Waals surface area contributed by atoms with Crippen molar-refractivity contribution in [1.82, 2.24) is 4.90 Å². The van der Waals surface area contributed by atoms with Crippen LogP contribution < -0.4 is 14.2 Å². The molecule has 0 saturated carbocycles. The van der Waals surface area contributed by atoms with Crippen molar-refractivity contribution in [2.24, 2.45) is 0 Å². The number of hydrogen-bond donors (Lipinski definition) is 1. The average Bonchev–Trinajstić information content (AvgIpc) is 2.66. The third-order valence-corrected chi connectivity index (χ3v) is 5.98. The van der Waals surface area contributed by atoms with Gasteiger partial charge in [-0.15, -0.1) is 0 Å². The first kappa shape index (κ1) is 19.0. The van der Waals surface area contributed by atoms with Crippen LogP contribution in [0, 0.1) is 0 Å². The van der Waals surface area contributed by atoms with E-state index in [2.05, 4.69) is 4.72 Å². The van der Waals surface area contributed by atoms with Gasteiger partial charge in [0.05, 0.1) is 14.2 Å². The molecule has 2 aromatic rings. The van der Waals surface area contributed by atoms with Gasteiger partial charge >= 0.3 is 0 Å². The van der Waals surface area contributed by atoms with E-state index in [1.165, 1.54) is 27.2 Å². The van der Waals surface area contributed by atoms with E-state index in [-0.39, 0.29) is 16.6 Å². The van der Waals surface area contributed by atoms with Crippen molar-refractivity contribution < 1.29 is 22.7 Å². The molecule has 2 aromatic carbocycles. The predicted octanol–water partition coefficient (Wildman–Crippen LogP) is 2.41. The lowest BCUT2D eigenvalue weighted by atomic mass is 9.99. The van der Waals surface area contributed by atoms with Crippen molar-refractivity contribution in [3.63, 3.8) is 0 Å². The summed E-state index contributed by atoms with van der Waals surface area (Å²) >= 11 is 0. The van der Waals surface area contributed by atoms with E-state index in [0.29, 0.717) is 24.5 Å². The number of methoxy groups -OCH3 is 2. The summed E-state index contributed by atoms with van der Waals surface area (Å²) in [5.74, 6) is 0.649. The van der Waals surface area contributed by atoms with Crippen molar-refractivity contribution in [3.05, 3.63) is 47.5 Å². The Morgan fingerprint density at radius 2 is 1.85 bits per heavy atom. The highest BCUT2D eigenvalue weighted by Gasteiger charge is 2.23. The van der Waals surface area contributed by atoms with Crippen molar-refractivity contribution in [3.8, 4) is 11.5 Å². The molecule has 0 radical (unpaired) electrons. The van der Waals surface area contributed by atoms with Crippen LogP contribution in [0.25, 0.3) is 0 Å². The lowest BCUT2D eigenvalue weighted by molar-refractivity contribution is -0.129. The molecule has 0 bridgehead atoms. The molecule has 27 heavy (non-hydrogen) atoms. The van der Waals surface area contributed by atoms with Crippen molar-refractivity contribution in [1.29, 1.82) is 0 Å². The van der Waals surface area contributed by atoms with Crippen LogP contribution in [0.15, 0.2) is 41.3 Å². The number of sulfonamides is 1. The summed E-state index contributed by atoms with van der Waals surface area (Å²) in [4.78, 5) is 13.4. The van der Waals surface area contributed by atoms with Gasteiger partial charge in [0.2, 0.25) is 5.91 Å². The topological polar surface area (TPSA) is 84.9 Å². The Bertz CT molecular complexity index is 972. The highest BCUT2D eigenvalue weighted by atomic mass is 32.2. The van der Waals surface area contributed by atoms with Crippen LogP contribution in [0.3, 0.4) is 0 Å². The molecule has 0 spiro atoms. The number of rotatable bonds is 5. The molecule has 1 aliphatic heterocycles. The largest absolute Gasteiger partial charge is 0.497 e. The third kappa shape index (κ3) is 4.00. The maximum absolute atomic E-state index is 12.9. The summed E-state index contributed by atoms with van der Waals surface area (Å²) in [5.41, 5.74) is 2.49. The van der Waals surface area contributed by atoms with Crippen LogP contribution in [0.5, 0.6) is 11.5 Å². The highest BCUT2D eigenvalue weighted by molar-refractivity contribution is 7.92. The number of benzene rings is 2. The minimum atomic E-state index is -3.88. The fraction of sp³-hybridized carbons (Fsp3) is 0.316. The number of fused-ring (bicyclic) bond motifs is 1. The zero-order valence-electron chi connectivity index (χ0n) is 15.5. The molecule has 8 heteroatoms. The van der Waals surface area contributed by atoms with Gasteiger partial charge in [-0.2, -0.15) is 0 Å². The molecule has 0 unspecified atom stereocenters. The van der Waals surface area contributed by atoms with Crippen LogP contribution in [-0.4, -0.2) is 40.0 Å². The predicted molar refractivity (Wildman–Crippen MR) is 102 cm³/mol. The first-order valence-corrected chi connectivity index (χ1v) is 9.94. The van der Waals surface area contributed by atoms with Crippen LogP contribution in [0.1, 0.15) is 18.1 Å². The molecule has 0 saturated heterocycles. The molecule has 1 aliphatic rings. The van der Waals surface area contributed by atoms with Crippen molar-refractivity contribution >= 4 is 21.6 Å².